The van der Waals surface area contributed by atoms with Crippen LogP contribution in [0.15, 0.2) is 24.3 Å². The van der Waals surface area contributed by atoms with E-state index in [2.05, 4.69) is 31.2 Å². The predicted octanol–water partition coefficient (Wildman–Crippen LogP) is 2.81. The number of hydrogen-bond acceptors (Lipinski definition) is 2. The van der Waals surface area contributed by atoms with E-state index < -0.39 is 0 Å². The van der Waals surface area contributed by atoms with Crippen molar-refractivity contribution in [3.05, 3.63) is 35.4 Å². The van der Waals surface area contributed by atoms with E-state index >= 15 is 0 Å². The molecule has 1 aromatic rings. The van der Waals surface area contributed by atoms with E-state index in [0.717, 1.165) is 38.9 Å². The highest BCUT2D eigenvalue weighted by Crippen LogP contribution is 2.46. The van der Waals surface area contributed by atoms with Gasteiger partial charge in [0.15, 0.2) is 0 Å². The fourth-order valence-corrected chi connectivity index (χ4v) is 3.47. The van der Waals surface area contributed by atoms with Gasteiger partial charge in [-0.3, -0.25) is 0 Å². The maximum Gasteiger partial charge on any atom is 0.0588 e. The van der Waals surface area contributed by atoms with E-state index in [-0.39, 0.29) is 11.5 Å². The normalized spacial score (nSPS) is 30.8. The van der Waals surface area contributed by atoms with Crippen molar-refractivity contribution in [3.8, 4) is 0 Å². The molecule has 1 N–H and O–H groups in total. The zero-order chi connectivity index (χ0) is 12.6. The number of hydrogen-bond donors (Lipinski definition) is 1. The van der Waals surface area contributed by atoms with Crippen LogP contribution in [-0.2, 0) is 10.2 Å². The third-order valence-electron chi connectivity index (χ3n) is 4.82. The molecule has 2 aliphatic rings. The van der Waals surface area contributed by atoms with Gasteiger partial charge in [-0.25, -0.2) is 0 Å². The van der Waals surface area contributed by atoms with Gasteiger partial charge in [0.1, 0.15) is 0 Å². The maximum absolute atomic E-state index is 9.66. The van der Waals surface area contributed by atoms with Crippen LogP contribution in [0.2, 0.25) is 0 Å². The molecule has 0 amide bonds. The van der Waals surface area contributed by atoms with Gasteiger partial charge in [0, 0.05) is 5.41 Å². The van der Waals surface area contributed by atoms with Crippen LogP contribution in [0.3, 0.4) is 0 Å². The minimum Gasteiger partial charge on any atom is -0.393 e. The van der Waals surface area contributed by atoms with Crippen molar-refractivity contribution >= 4 is 0 Å². The van der Waals surface area contributed by atoms with Crippen molar-refractivity contribution in [2.24, 2.45) is 5.92 Å². The molecule has 1 saturated carbocycles. The Morgan fingerprint density at radius 1 is 1.06 bits per heavy atom. The molecule has 18 heavy (non-hydrogen) atoms. The van der Waals surface area contributed by atoms with Gasteiger partial charge < -0.3 is 9.84 Å². The Balaban J connectivity index is 1.83. The summed E-state index contributed by atoms with van der Waals surface area (Å²) >= 11 is 0. The summed E-state index contributed by atoms with van der Waals surface area (Å²) in [7, 11) is 0. The number of benzene rings is 1. The van der Waals surface area contributed by atoms with Crippen molar-refractivity contribution in [1.29, 1.82) is 0 Å². The second kappa shape index (κ2) is 4.67. The van der Waals surface area contributed by atoms with E-state index in [4.69, 9.17) is 4.74 Å². The lowest BCUT2D eigenvalue weighted by molar-refractivity contribution is -0.103. The van der Waals surface area contributed by atoms with Gasteiger partial charge in [0.2, 0.25) is 0 Å². The van der Waals surface area contributed by atoms with Crippen molar-refractivity contribution in [2.45, 2.75) is 44.1 Å². The fraction of sp³-hybridized carbons (Fsp3) is 0.625. The van der Waals surface area contributed by atoms with Gasteiger partial charge in [-0.1, -0.05) is 29.8 Å². The van der Waals surface area contributed by atoms with E-state index in [1.807, 2.05) is 0 Å². The first-order valence-electron chi connectivity index (χ1n) is 7.04. The molecule has 1 saturated heterocycles. The summed E-state index contributed by atoms with van der Waals surface area (Å²) < 4.78 is 5.54. The minimum absolute atomic E-state index is 0.0719. The topological polar surface area (TPSA) is 29.5 Å². The highest BCUT2D eigenvalue weighted by molar-refractivity contribution is 5.32. The lowest BCUT2D eigenvalue weighted by Crippen LogP contribution is -2.53. The Labute approximate surface area is 109 Å². The molecule has 0 unspecified atom stereocenters. The van der Waals surface area contributed by atoms with Crippen LogP contribution in [0.4, 0.5) is 0 Å². The van der Waals surface area contributed by atoms with Crippen LogP contribution >= 0.6 is 0 Å². The van der Waals surface area contributed by atoms with E-state index in [0.29, 0.717) is 5.92 Å². The zero-order valence-electron chi connectivity index (χ0n) is 11.1. The maximum atomic E-state index is 9.66. The van der Waals surface area contributed by atoms with Gasteiger partial charge in [-0.15, -0.1) is 0 Å². The van der Waals surface area contributed by atoms with Gasteiger partial charge in [-0.05, 0) is 44.1 Å². The first-order valence-corrected chi connectivity index (χ1v) is 7.04. The standard InChI is InChI=1S/C16H22O2/c1-12-2-4-13(5-3-12)16(10-18-11-16)14-6-8-15(17)9-7-14/h2-5,14-15,17H,6-11H2,1H3. The molecule has 0 aromatic heterocycles. The van der Waals surface area contributed by atoms with Crippen molar-refractivity contribution in [3.63, 3.8) is 0 Å². The Morgan fingerprint density at radius 2 is 1.67 bits per heavy atom. The molecular formula is C16H22O2. The van der Waals surface area contributed by atoms with E-state index in [1.165, 1.54) is 11.1 Å². The van der Waals surface area contributed by atoms with Crippen LogP contribution < -0.4 is 0 Å². The Kier molecular flexibility index (Phi) is 3.16. The summed E-state index contributed by atoms with van der Waals surface area (Å²) in [6, 6.07) is 8.94. The first kappa shape index (κ1) is 12.2. The number of ether oxygens (including phenoxy) is 1. The second-order valence-corrected chi connectivity index (χ2v) is 6.02. The highest BCUT2D eigenvalue weighted by Gasteiger charge is 2.47. The molecule has 0 spiro atoms. The molecule has 2 fully saturated rings. The predicted molar refractivity (Wildman–Crippen MR) is 71.6 cm³/mol. The number of aryl methyl sites for hydroxylation is 1. The monoisotopic (exact) mass is 246 g/mol. The van der Waals surface area contributed by atoms with E-state index in [9.17, 15) is 5.11 Å². The number of aliphatic hydroxyl groups is 1. The molecular weight excluding hydrogens is 224 g/mol. The molecule has 2 heteroatoms. The average Bonchev–Trinajstić information content (AvgIpc) is 2.32. The molecule has 1 aromatic carbocycles. The molecule has 0 atom stereocenters. The minimum atomic E-state index is -0.0719. The fourth-order valence-electron chi connectivity index (χ4n) is 3.47. The molecule has 3 rings (SSSR count). The third-order valence-corrected chi connectivity index (χ3v) is 4.82. The van der Waals surface area contributed by atoms with Crippen LogP contribution in [0.5, 0.6) is 0 Å². The smallest absolute Gasteiger partial charge is 0.0588 e. The van der Waals surface area contributed by atoms with Gasteiger partial charge in [-0.2, -0.15) is 0 Å². The lowest BCUT2D eigenvalue weighted by atomic mass is 9.63. The second-order valence-electron chi connectivity index (χ2n) is 6.02. The summed E-state index contributed by atoms with van der Waals surface area (Å²) in [6.45, 7) is 3.85. The Hall–Kier alpha value is -0.860. The summed E-state index contributed by atoms with van der Waals surface area (Å²) in [5.74, 6) is 0.678. The molecule has 1 aliphatic heterocycles. The lowest BCUT2D eigenvalue weighted by Gasteiger charge is -2.49. The first-order chi connectivity index (χ1) is 8.71. The van der Waals surface area contributed by atoms with Crippen molar-refractivity contribution in [2.75, 3.05) is 13.2 Å². The highest BCUT2D eigenvalue weighted by atomic mass is 16.5. The van der Waals surface area contributed by atoms with Gasteiger partial charge in [0.05, 0.1) is 19.3 Å². The third kappa shape index (κ3) is 1.98. The number of aliphatic hydroxyl groups excluding tert-OH is 1. The summed E-state index contributed by atoms with van der Waals surface area (Å²) in [5, 5.41) is 9.66. The largest absolute Gasteiger partial charge is 0.393 e. The van der Waals surface area contributed by atoms with Crippen LogP contribution in [0.1, 0.15) is 36.8 Å². The van der Waals surface area contributed by atoms with Crippen LogP contribution in [-0.4, -0.2) is 24.4 Å². The van der Waals surface area contributed by atoms with Crippen molar-refractivity contribution < 1.29 is 9.84 Å². The number of rotatable bonds is 2. The average molecular weight is 246 g/mol. The summed E-state index contributed by atoms with van der Waals surface area (Å²) in [4.78, 5) is 0. The van der Waals surface area contributed by atoms with Gasteiger partial charge in [0.25, 0.3) is 0 Å². The quantitative estimate of drug-likeness (QED) is 0.869. The van der Waals surface area contributed by atoms with Crippen LogP contribution in [0.25, 0.3) is 0 Å². The molecule has 98 valence electrons. The Morgan fingerprint density at radius 3 is 2.17 bits per heavy atom. The van der Waals surface area contributed by atoms with Gasteiger partial charge >= 0.3 is 0 Å². The summed E-state index contributed by atoms with van der Waals surface area (Å²) in [6.07, 6.45) is 4.12. The van der Waals surface area contributed by atoms with Crippen LogP contribution in [0, 0.1) is 12.8 Å². The van der Waals surface area contributed by atoms with E-state index in [1.54, 1.807) is 0 Å². The van der Waals surface area contributed by atoms with Crippen molar-refractivity contribution in [1.82, 2.24) is 0 Å². The molecule has 0 bridgehead atoms. The molecule has 1 aliphatic carbocycles. The molecule has 2 nitrogen and oxygen atoms in total. The molecule has 1 heterocycles. The zero-order valence-corrected chi connectivity index (χ0v) is 11.1. The summed E-state index contributed by atoms with van der Waals surface area (Å²) in [5.41, 5.74) is 2.97. The Bertz CT molecular complexity index is 398. The SMILES string of the molecule is Cc1ccc(C2(C3CCC(O)CC3)COC2)cc1. The molecule has 0 radical (unpaired) electrons.